The Labute approximate surface area is 172 Å². The van der Waals surface area contributed by atoms with Crippen molar-refractivity contribution in [3.63, 3.8) is 0 Å². The van der Waals surface area contributed by atoms with Crippen LogP contribution in [0.4, 0.5) is 11.6 Å². The van der Waals surface area contributed by atoms with Gasteiger partial charge in [0.2, 0.25) is 5.95 Å². The molecule has 2 heterocycles. The van der Waals surface area contributed by atoms with Crippen LogP contribution in [0.2, 0.25) is 5.02 Å². The second-order valence-electron chi connectivity index (χ2n) is 6.43. The van der Waals surface area contributed by atoms with Gasteiger partial charge in [-0.05, 0) is 42.8 Å². The number of hydrogen-bond acceptors (Lipinski definition) is 5. The molecule has 0 unspecified atom stereocenters. The van der Waals surface area contributed by atoms with Crippen molar-refractivity contribution >= 4 is 40.2 Å². The average Bonchev–Trinajstić information content (AvgIpc) is 3.11. The smallest absolute Gasteiger partial charge is 0.269 e. The van der Waals surface area contributed by atoms with E-state index in [9.17, 15) is 4.79 Å². The van der Waals surface area contributed by atoms with E-state index in [0.717, 1.165) is 22.3 Å². The van der Waals surface area contributed by atoms with E-state index in [4.69, 9.17) is 16.3 Å². The number of fused-ring (bicyclic) bond motifs is 1. The van der Waals surface area contributed by atoms with E-state index in [2.05, 4.69) is 25.6 Å². The second kappa shape index (κ2) is 7.81. The number of carbonyl (C=O) groups excluding carboxylic acids is 1. The summed E-state index contributed by atoms with van der Waals surface area (Å²) in [5.74, 6) is 1.41. The van der Waals surface area contributed by atoms with Crippen molar-refractivity contribution in [3.05, 3.63) is 71.0 Å². The van der Waals surface area contributed by atoms with Crippen LogP contribution in [0.25, 0.3) is 11.0 Å². The van der Waals surface area contributed by atoms with Crippen molar-refractivity contribution in [1.82, 2.24) is 20.3 Å². The van der Waals surface area contributed by atoms with Crippen LogP contribution in [0.3, 0.4) is 0 Å². The number of amides is 1. The average molecular weight is 408 g/mol. The molecule has 0 atom stereocenters. The molecule has 0 spiro atoms. The van der Waals surface area contributed by atoms with E-state index >= 15 is 0 Å². The van der Waals surface area contributed by atoms with Gasteiger partial charge in [-0.2, -0.15) is 0 Å². The molecule has 7 nitrogen and oxygen atoms in total. The number of pyridine rings is 1. The maximum absolute atomic E-state index is 11.7. The van der Waals surface area contributed by atoms with Crippen LogP contribution in [0.15, 0.2) is 54.7 Å². The molecule has 0 aliphatic heterocycles. The first kappa shape index (κ1) is 18.8. The molecule has 2 aromatic heterocycles. The number of H-pyrrole nitrogens is 1. The molecular weight excluding hydrogens is 390 g/mol. The van der Waals surface area contributed by atoms with Crippen LogP contribution in [0.1, 0.15) is 16.1 Å². The standard InChI is InChI=1S/C21H18ClN5O2/c1-12-3-5-16(15(22)9-12)25-21-26-17-6-4-13(10-18(17)27-21)29-14-7-8-24-19(11-14)20(28)23-2/h3-11H,1-2H3,(H,23,28)(H2,25,26,27). The number of aromatic nitrogens is 3. The number of rotatable bonds is 5. The molecule has 0 bridgehead atoms. The van der Waals surface area contributed by atoms with Crippen molar-refractivity contribution in [2.45, 2.75) is 6.92 Å². The van der Waals surface area contributed by atoms with Crippen molar-refractivity contribution in [3.8, 4) is 11.5 Å². The van der Waals surface area contributed by atoms with Gasteiger partial charge in [-0.25, -0.2) is 4.98 Å². The van der Waals surface area contributed by atoms with Crippen LogP contribution in [0.5, 0.6) is 11.5 Å². The molecule has 0 saturated carbocycles. The summed E-state index contributed by atoms with van der Waals surface area (Å²) in [7, 11) is 1.55. The minimum Gasteiger partial charge on any atom is -0.457 e. The van der Waals surface area contributed by atoms with E-state index in [1.54, 1.807) is 19.2 Å². The van der Waals surface area contributed by atoms with Gasteiger partial charge in [0.05, 0.1) is 21.7 Å². The first-order valence-electron chi connectivity index (χ1n) is 8.91. The molecule has 0 radical (unpaired) electrons. The quantitative estimate of drug-likeness (QED) is 0.441. The Hall–Kier alpha value is -3.58. The number of anilines is 2. The lowest BCUT2D eigenvalue weighted by atomic mass is 10.2. The van der Waals surface area contributed by atoms with E-state index in [1.165, 1.54) is 6.20 Å². The molecule has 0 saturated heterocycles. The third-order valence-corrected chi connectivity index (χ3v) is 4.57. The van der Waals surface area contributed by atoms with Crippen LogP contribution >= 0.6 is 11.6 Å². The van der Waals surface area contributed by atoms with Crippen LogP contribution < -0.4 is 15.4 Å². The molecule has 2 aromatic carbocycles. The molecular formula is C21H18ClN5O2. The number of ether oxygens (including phenoxy) is 1. The molecule has 29 heavy (non-hydrogen) atoms. The minimum atomic E-state index is -0.274. The third-order valence-electron chi connectivity index (χ3n) is 4.26. The Morgan fingerprint density at radius 3 is 2.72 bits per heavy atom. The summed E-state index contributed by atoms with van der Waals surface area (Å²) in [6.07, 6.45) is 1.53. The number of benzene rings is 2. The molecule has 1 amide bonds. The zero-order chi connectivity index (χ0) is 20.4. The zero-order valence-corrected chi connectivity index (χ0v) is 16.5. The Kier molecular flexibility index (Phi) is 5.05. The maximum atomic E-state index is 11.7. The second-order valence-corrected chi connectivity index (χ2v) is 6.84. The topological polar surface area (TPSA) is 91.9 Å². The summed E-state index contributed by atoms with van der Waals surface area (Å²) < 4.78 is 5.87. The summed E-state index contributed by atoms with van der Waals surface area (Å²) in [5, 5.41) is 6.36. The lowest BCUT2D eigenvalue weighted by molar-refractivity contribution is 0.0958. The van der Waals surface area contributed by atoms with E-state index in [0.29, 0.717) is 22.5 Å². The maximum Gasteiger partial charge on any atom is 0.269 e. The van der Waals surface area contributed by atoms with Crippen LogP contribution in [-0.2, 0) is 0 Å². The van der Waals surface area contributed by atoms with Crippen LogP contribution in [0, 0.1) is 6.92 Å². The Balaban J connectivity index is 1.56. The number of aromatic amines is 1. The fourth-order valence-electron chi connectivity index (χ4n) is 2.82. The Morgan fingerprint density at radius 1 is 1.10 bits per heavy atom. The first-order valence-corrected chi connectivity index (χ1v) is 9.28. The monoisotopic (exact) mass is 407 g/mol. The molecule has 8 heteroatoms. The van der Waals surface area contributed by atoms with Crippen LogP contribution in [-0.4, -0.2) is 27.9 Å². The van der Waals surface area contributed by atoms with E-state index in [1.807, 2.05) is 43.3 Å². The first-order chi connectivity index (χ1) is 14.0. The van der Waals surface area contributed by atoms with Crippen molar-refractivity contribution in [1.29, 1.82) is 0 Å². The summed E-state index contributed by atoms with van der Waals surface area (Å²) >= 11 is 6.28. The predicted octanol–water partition coefficient (Wildman–Crippen LogP) is 4.82. The Morgan fingerprint density at radius 2 is 1.93 bits per heavy atom. The number of halogens is 1. The number of nitrogens with one attached hydrogen (secondary N) is 3. The van der Waals surface area contributed by atoms with Gasteiger partial charge < -0.3 is 20.4 Å². The predicted molar refractivity (Wildman–Crippen MR) is 113 cm³/mol. The summed E-state index contributed by atoms with van der Waals surface area (Å²) in [4.78, 5) is 23.5. The molecule has 0 aliphatic carbocycles. The van der Waals surface area contributed by atoms with Gasteiger partial charge in [0, 0.05) is 25.4 Å². The molecule has 4 aromatic rings. The number of imidazole rings is 1. The van der Waals surface area contributed by atoms with Gasteiger partial charge in [-0.1, -0.05) is 17.7 Å². The van der Waals surface area contributed by atoms with Gasteiger partial charge in [-0.15, -0.1) is 0 Å². The SMILES string of the molecule is CNC(=O)c1cc(Oc2ccc3[nH]c(Nc4ccc(C)cc4Cl)nc3c2)ccn1. The van der Waals surface area contributed by atoms with Gasteiger partial charge in [0.25, 0.3) is 5.91 Å². The molecule has 3 N–H and O–H groups in total. The summed E-state index contributed by atoms with van der Waals surface area (Å²) in [6, 6.07) is 14.6. The van der Waals surface area contributed by atoms with Gasteiger partial charge >= 0.3 is 0 Å². The normalized spacial score (nSPS) is 10.7. The van der Waals surface area contributed by atoms with Gasteiger partial charge in [0.1, 0.15) is 17.2 Å². The molecule has 4 rings (SSSR count). The number of hydrogen-bond donors (Lipinski definition) is 3. The highest BCUT2D eigenvalue weighted by Gasteiger charge is 2.09. The zero-order valence-electron chi connectivity index (χ0n) is 15.8. The molecule has 146 valence electrons. The lowest BCUT2D eigenvalue weighted by Crippen LogP contribution is -2.18. The van der Waals surface area contributed by atoms with E-state index < -0.39 is 0 Å². The largest absolute Gasteiger partial charge is 0.457 e. The Bertz CT molecular complexity index is 1200. The minimum absolute atomic E-state index is 0.274. The van der Waals surface area contributed by atoms with Crippen molar-refractivity contribution in [2.24, 2.45) is 0 Å². The highest BCUT2D eigenvalue weighted by molar-refractivity contribution is 6.33. The number of nitrogens with zero attached hydrogens (tertiary/aromatic N) is 2. The fourth-order valence-corrected chi connectivity index (χ4v) is 3.10. The van der Waals surface area contributed by atoms with Gasteiger partial charge in [-0.3, -0.25) is 9.78 Å². The lowest BCUT2D eigenvalue weighted by Gasteiger charge is -2.06. The fraction of sp³-hybridized carbons (Fsp3) is 0.0952. The van der Waals surface area contributed by atoms with Gasteiger partial charge in [0.15, 0.2) is 0 Å². The van der Waals surface area contributed by atoms with Crippen molar-refractivity contribution in [2.75, 3.05) is 12.4 Å². The number of carbonyl (C=O) groups is 1. The van der Waals surface area contributed by atoms with Crippen molar-refractivity contribution < 1.29 is 9.53 Å². The molecule has 0 fully saturated rings. The third kappa shape index (κ3) is 4.14. The van der Waals surface area contributed by atoms with E-state index in [-0.39, 0.29) is 11.6 Å². The number of aryl methyl sites for hydroxylation is 1. The molecule has 0 aliphatic rings. The highest BCUT2D eigenvalue weighted by Crippen LogP contribution is 2.28. The summed E-state index contributed by atoms with van der Waals surface area (Å²) in [6.45, 7) is 1.98. The highest BCUT2D eigenvalue weighted by atomic mass is 35.5. The summed E-state index contributed by atoms with van der Waals surface area (Å²) in [5.41, 5.74) is 3.72.